The molecule has 0 spiro atoms. The van der Waals surface area contributed by atoms with Gasteiger partial charge in [-0.25, -0.2) is 8.42 Å². The maximum atomic E-state index is 12.4. The molecule has 6 heteroatoms. The highest BCUT2D eigenvalue weighted by Crippen LogP contribution is 2.20. The minimum absolute atomic E-state index is 0.250. The van der Waals surface area contributed by atoms with Crippen LogP contribution in [0.15, 0.2) is 53.4 Å². The average molecular weight is 348 g/mol. The summed E-state index contributed by atoms with van der Waals surface area (Å²) in [6, 6.07) is 15.0. The zero-order valence-corrected chi connectivity index (χ0v) is 13.9. The second-order valence-corrected chi connectivity index (χ2v) is 7.17. The lowest BCUT2D eigenvalue weighted by Gasteiger charge is -2.04. The minimum Gasteiger partial charge on any atom is -0.497 e. The molecule has 118 valence electrons. The predicted molar refractivity (Wildman–Crippen MR) is 90.7 cm³/mol. The summed E-state index contributed by atoms with van der Waals surface area (Å²) in [7, 11) is -2.18. The smallest absolute Gasteiger partial charge is 0.192 e. The Balaban J connectivity index is 2.28. The normalized spacial score (nSPS) is 11.8. The maximum absolute atomic E-state index is 12.4. The van der Waals surface area contributed by atoms with E-state index in [1.54, 1.807) is 61.7 Å². The third-order valence-electron chi connectivity index (χ3n) is 3.13. The van der Waals surface area contributed by atoms with Gasteiger partial charge in [-0.1, -0.05) is 35.9 Å². The third kappa shape index (κ3) is 4.59. The van der Waals surface area contributed by atoms with Crippen LogP contribution in [0.1, 0.15) is 11.1 Å². The number of ether oxygens (including phenoxy) is 1. The molecule has 0 radical (unpaired) electrons. The number of rotatable bonds is 5. The molecule has 0 atom stereocenters. The molecule has 0 aliphatic carbocycles. The largest absolute Gasteiger partial charge is 0.497 e. The van der Waals surface area contributed by atoms with Crippen LogP contribution in [0.3, 0.4) is 0 Å². The molecular weight excluding hydrogens is 334 g/mol. The summed E-state index contributed by atoms with van der Waals surface area (Å²) in [5, 5.41) is 9.73. The van der Waals surface area contributed by atoms with Crippen molar-refractivity contribution in [2.75, 3.05) is 7.11 Å². The topological polar surface area (TPSA) is 67.2 Å². The molecule has 4 nitrogen and oxygen atoms in total. The van der Waals surface area contributed by atoms with E-state index in [-0.39, 0.29) is 10.7 Å². The van der Waals surface area contributed by atoms with E-state index < -0.39 is 9.84 Å². The van der Waals surface area contributed by atoms with Crippen molar-refractivity contribution in [1.82, 2.24) is 0 Å². The standard InChI is InChI=1S/C17H14ClNO3S/c1-22-16-8-4-13(5-9-16)10-17(11-19)23(20,21)12-14-2-6-15(18)7-3-14/h2-10H,12H2,1H3/b17-10+. The number of halogens is 1. The molecule has 0 aromatic heterocycles. The van der Waals surface area contributed by atoms with E-state index in [1.165, 1.54) is 6.08 Å². The van der Waals surface area contributed by atoms with Crippen molar-refractivity contribution < 1.29 is 13.2 Å². The van der Waals surface area contributed by atoms with Crippen LogP contribution >= 0.6 is 11.6 Å². The summed E-state index contributed by atoms with van der Waals surface area (Å²) >= 11 is 5.78. The Labute approximate surface area is 140 Å². The van der Waals surface area contributed by atoms with Gasteiger partial charge in [0.25, 0.3) is 0 Å². The molecule has 0 N–H and O–H groups in total. The second-order valence-electron chi connectivity index (χ2n) is 4.78. The van der Waals surface area contributed by atoms with Crippen LogP contribution in [-0.2, 0) is 15.6 Å². The lowest BCUT2D eigenvalue weighted by atomic mass is 10.2. The number of sulfone groups is 1. The van der Waals surface area contributed by atoms with Crippen molar-refractivity contribution in [3.05, 3.63) is 69.6 Å². The van der Waals surface area contributed by atoms with Gasteiger partial charge >= 0.3 is 0 Å². The van der Waals surface area contributed by atoms with Crippen molar-refractivity contribution in [2.24, 2.45) is 0 Å². The van der Waals surface area contributed by atoms with E-state index in [2.05, 4.69) is 0 Å². The number of allylic oxidation sites excluding steroid dienone is 1. The quantitative estimate of drug-likeness (QED) is 0.771. The van der Waals surface area contributed by atoms with Crippen LogP contribution in [-0.4, -0.2) is 15.5 Å². The lowest BCUT2D eigenvalue weighted by Crippen LogP contribution is -2.06. The van der Waals surface area contributed by atoms with Crippen LogP contribution < -0.4 is 4.74 Å². The molecule has 2 rings (SSSR count). The van der Waals surface area contributed by atoms with Crippen LogP contribution in [0.25, 0.3) is 6.08 Å². The minimum atomic E-state index is -3.73. The van der Waals surface area contributed by atoms with Gasteiger partial charge in [-0.05, 0) is 41.5 Å². The van der Waals surface area contributed by atoms with Gasteiger partial charge < -0.3 is 4.74 Å². The van der Waals surface area contributed by atoms with E-state index in [1.807, 2.05) is 0 Å². The second kappa shape index (κ2) is 7.32. The fourth-order valence-corrected chi connectivity index (χ4v) is 3.29. The highest BCUT2D eigenvalue weighted by molar-refractivity contribution is 7.95. The zero-order valence-electron chi connectivity index (χ0n) is 12.4. The molecule has 0 aliphatic heterocycles. The molecule has 0 unspecified atom stereocenters. The number of hydrogen-bond acceptors (Lipinski definition) is 4. The highest BCUT2D eigenvalue weighted by atomic mass is 35.5. The van der Waals surface area contributed by atoms with E-state index in [9.17, 15) is 13.7 Å². The molecule has 0 bridgehead atoms. The molecular formula is C17H14ClNO3S. The summed E-state index contributed by atoms with van der Waals surface area (Å²) in [6.45, 7) is 0. The van der Waals surface area contributed by atoms with Gasteiger partial charge in [0.1, 0.15) is 16.7 Å². The van der Waals surface area contributed by atoms with Crippen LogP contribution in [0, 0.1) is 11.3 Å². The monoisotopic (exact) mass is 347 g/mol. The summed E-state index contributed by atoms with van der Waals surface area (Å²) in [4.78, 5) is -0.280. The molecule has 0 saturated heterocycles. The zero-order chi connectivity index (χ0) is 16.9. The third-order valence-corrected chi connectivity index (χ3v) is 4.97. The Morgan fingerprint density at radius 3 is 2.30 bits per heavy atom. The predicted octanol–water partition coefficient (Wildman–Crippen LogP) is 3.83. The first-order valence-corrected chi connectivity index (χ1v) is 8.70. The van der Waals surface area contributed by atoms with Gasteiger partial charge in [0, 0.05) is 5.02 Å². The Morgan fingerprint density at radius 2 is 1.78 bits per heavy atom. The molecule has 2 aromatic rings. The Hall–Kier alpha value is -2.29. The van der Waals surface area contributed by atoms with Crippen molar-refractivity contribution in [3.63, 3.8) is 0 Å². The molecule has 0 amide bonds. The van der Waals surface area contributed by atoms with Crippen molar-refractivity contribution >= 4 is 27.5 Å². The number of hydrogen-bond donors (Lipinski definition) is 0. The summed E-state index contributed by atoms with van der Waals surface area (Å²) in [5.74, 6) is 0.407. The lowest BCUT2D eigenvalue weighted by molar-refractivity contribution is 0.415. The summed E-state index contributed by atoms with van der Waals surface area (Å²) in [6.07, 6.45) is 1.35. The summed E-state index contributed by atoms with van der Waals surface area (Å²) in [5.41, 5.74) is 1.19. The van der Waals surface area contributed by atoms with Crippen LogP contribution in [0.2, 0.25) is 5.02 Å². The number of nitrogens with zero attached hydrogens (tertiary/aromatic N) is 1. The summed E-state index contributed by atoms with van der Waals surface area (Å²) < 4.78 is 29.8. The highest BCUT2D eigenvalue weighted by Gasteiger charge is 2.18. The van der Waals surface area contributed by atoms with Crippen LogP contribution in [0.4, 0.5) is 0 Å². The van der Waals surface area contributed by atoms with Crippen LogP contribution in [0.5, 0.6) is 5.75 Å². The fourth-order valence-electron chi connectivity index (χ4n) is 1.92. The molecule has 23 heavy (non-hydrogen) atoms. The first kappa shape index (κ1) is 17.1. The van der Waals surface area contributed by atoms with Crippen molar-refractivity contribution in [1.29, 1.82) is 5.26 Å². The Morgan fingerprint density at radius 1 is 1.17 bits per heavy atom. The number of methoxy groups -OCH3 is 1. The Kier molecular flexibility index (Phi) is 5.43. The molecule has 0 fully saturated rings. The van der Waals surface area contributed by atoms with Gasteiger partial charge in [0.2, 0.25) is 0 Å². The first-order chi connectivity index (χ1) is 10.9. The van der Waals surface area contributed by atoms with E-state index >= 15 is 0 Å². The van der Waals surface area contributed by atoms with Gasteiger partial charge in [-0.3, -0.25) is 0 Å². The van der Waals surface area contributed by atoms with Gasteiger partial charge in [0.05, 0.1) is 12.9 Å². The maximum Gasteiger partial charge on any atom is 0.192 e. The van der Waals surface area contributed by atoms with E-state index in [4.69, 9.17) is 16.3 Å². The van der Waals surface area contributed by atoms with Crippen molar-refractivity contribution in [3.8, 4) is 11.8 Å². The van der Waals surface area contributed by atoms with E-state index in [0.29, 0.717) is 21.9 Å². The fraction of sp³-hybridized carbons (Fsp3) is 0.118. The van der Waals surface area contributed by atoms with Gasteiger partial charge in [-0.2, -0.15) is 5.26 Å². The number of benzene rings is 2. The first-order valence-electron chi connectivity index (χ1n) is 6.67. The molecule has 0 saturated carbocycles. The van der Waals surface area contributed by atoms with E-state index in [0.717, 1.165) is 0 Å². The molecule has 0 aliphatic rings. The molecule has 2 aromatic carbocycles. The molecule has 0 heterocycles. The SMILES string of the molecule is COc1ccc(/C=C(\C#N)S(=O)(=O)Cc2ccc(Cl)cc2)cc1. The average Bonchev–Trinajstić information content (AvgIpc) is 2.55. The number of nitriles is 1. The van der Waals surface area contributed by atoms with Gasteiger partial charge in [-0.15, -0.1) is 0 Å². The van der Waals surface area contributed by atoms with Gasteiger partial charge in [0.15, 0.2) is 9.84 Å². The Bertz CT molecular complexity index is 848. The van der Waals surface area contributed by atoms with Crippen molar-refractivity contribution in [2.45, 2.75) is 5.75 Å².